The van der Waals surface area contributed by atoms with Crippen LogP contribution in [0.2, 0.25) is 0 Å². The molecule has 2 aromatic rings. The minimum absolute atomic E-state index is 0.928. The van der Waals surface area contributed by atoms with Crippen LogP contribution in [-0.4, -0.2) is 16.1 Å². The number of imidazole rings is 1. The van der Waals surface area contributed by atoms with Gasteiger partial charge in [0.1, 0.15) is 5.82 Å². The van der Waals surface area contributed by atoms with Gasteiger partial charge in [0.25, 0.3) is 0 Å². The van der Waals surface area contributed by atoms with Gasteiger partial charge in [-0.1, -0.05) is 31.2 Å². The van der Waals surface area contributed by atoms with Crippen LogP contribution in [0.3, 0.4) is 0 Å². The van der Waals surface area contributed by atoms with Crippen LogP contribution in [0, 0.1) is 0 Å². The van der Waals surface area contributed by atoms with Crippen molar-refractivity contribution in [3.63, 3.8) is 0 Å². The fourth-order valence-corrected chi connectivity index (χ4v) is 1.68. The summed E-state index contributed by atoms with van der Waals surface area (Å²) in [7, 11) is 2.01. The number of aromatic nitrogens is 2. The molecule has 0 bridgehead atoms. The number of nitrogens with one attached hydrogen (secondary N) is 1. The molecule has 3 heteroatoms. The Kier molecular flexibility index (Phi) is 3.37. The number of hydrogen-bond acceptors (Lipinski definition) is 2. The summed E-state index contributed by atoms with van der Waals surface area (Å²) < 4.78 is 2.03. The largest absolute Gasteiger partial charge is 0.334 e. The van der Waals surface area contributed by atoms with Crippen molar-refractivity contribution < 1.29 is 0 Å². The van der Waals surface area contributed by atoms with Gasteiger partial charge in [-0.3, -0.25) is 0 Å². The van der Waals surface area contributed by atoms with Crippen LogP contribution in [0.1, 0.15) is 12.5 Å². The van der Waals surface area contributed by atoms with Crippen molar-refractivity contribution in [3.8, 4) is 11.4 Å². The first kappa shape index (κ1) is 10.9. The van der Waals surface area contributed by atoms with Crippen molar-refractivity contribution in [3.05, 3.63) is 42.2 Å². The Morgan fingerprint density at radius 1 is 1.25 bits per heavy atom. The van der Waals surface area contributed by atoms with Gasteiger partial charge in [0.15, 0.2) is 0 Å². The summed E-state index contributed by atoms with van der Waals surface area (Å²) in [6.07, 6.45) is 3.78. The zero-order valence-corrected chi connectivity index (χ0v) is 9.77. The van der Waals surface area contributed by atoms with Crippen LogP contribution in [0.25, 0.3) is 11.4 Å². The summed E-state index contributed by atoms with van der Waals surface area (Å²) in [5.41, 5.74) is 2.47. The molecule has 0 atom stereocenters. The Morgan fingerprint density at radius 3 is 2.56 bits per heavy atom. The standard InChI is InChI=1S/C13H17N3/c1-3-14-10-11-4-6-12(7-5-11)13-15-8-9-16(13)2/h4-9,14H,3,10H2,1-2H3. The van der Waals surface area contributed by atoms with Gasteiger partial charge in [0, 0.05) is 31.5 Å². The first-order valence-electron chi connectivity index (χ1n) is 5.58. The average Bonchev–Trinajstić information content (AvgIpc) is 2.74. The predicted octanol–water partition coefficient (Wildman–Crippen LogP) is 2.20. The van der Waals surface area contributed by atoms with Crippen LogP contribution in [0.4, 0.5) is 0 Å². The average molecular weight is 215 g/mol. The lowest BCUT2D eigenvalue weighted by Gasteiger charge is -2.04. The van der Waals surface area contributed by atoms with E-state index in [1.807, 2.05) is 24.0 Å². The lowest BCUT2D eigenvalue weighted by atomic mass is 10.1. The molecule has 1 heterocycles. The molecule has 0 aliphatic rings. The summed E-state index contributed by atoms with van der Waals surface area (Å²) in [5.74, 6) is 1.01. The summed E-state index contributed by atoms with van der Waals surface area (Å²) in [5, 5.41) is 3.31. The molecule has 0 amide bonds. The molecule has 16 heavy (non-hydrogen) atoms. The van der Waals surface area contributed by atoms with Crippen LogP contribution in [-0.2, 0) is 13.6 Å². The van der Waals surface area contributed by atoms with E-state index in [1.165, 1.54) is 5.56 Å². The van der Waals surface area contributed by atoms with E-state index < -0.39 is 0 Å². The predicted molar refractivity (Wildman–Crippen MR) is 66.0 cm³/mol. The molecule has 0 saturated heterocycles. The molecule has 1 aromatic carbocycles. The fourth-order valence-electron chi connectivity index (χ4n) is 1.68. The van der Waals surface area contributed by atoms with Crippen molar-refractivity contribution in [2.24, 2.45) is 7.05 Å². The minimum Gasteiger partial charge on any atom is -0.334 e. The molecule has 2 rings (SSSR count). The van der Waals surface area contributed by atoms with Gasteiger partial charge in [-0.15, -0.1) is 0 Å². The van der Waals surface area contributed by atoms with Crippen LogP contribution >= 0.6 is 0 Å². The molecular weight excluding hydrogens is 198 g/mol. The van der Waals surface area contributed by atoms with Crippen molar-refractivity contribution in [2.75, 3.05) is 6.54 Å². The Labute approximate surface area is 96.1 Å². The molecule has 84 valence electrons. The van der Waals surface area contributed by atoms with Gasteiger partial charge in [0.2, 0.25) is 0 Å². The van der Waals surface area contributed by atoms with E-state index in [-0.39, 0.29) is 0 Å². The second-order valence-corrected chi connectivity index (χ2v) is 3.84. The second-order valence-electron chi connectivity index (χ2n) is 3.84. The van der Waals surface area contributed by atoms with Crippen molar-refractivity contribution >= 4 is 0 Å². The highest BCUT2D eigenvalue weighted by Crippen LogP contribution is 2.16. The van der Waals surface area contributed by atoms with Gasteiger partial charge >= 0.3 is 0 Å². The van der Waals surface area contributed by atoms with E-state index in [0.29, 0.717) is 0 Å². The summed E-state index contributed by atoms with van der Waals surface area (Å²) in [6.45, 7) is 4.04. The van der Waals surface area contributed by atoms with Gasteiger partial charge in [0.05, 0.1) is 0 Å². The van der Waals surface area contributed by atoms with Crippen molar-refractivity contribution in [1.29, 1.82) is 0 Å². The van der Waals surface area contributed by atoms with Crippen molar-refractivity contribution in [2.45, 2.75) is 13.5 Å². The third-order valence-corrected chi connectivity index (χ3v) is 2.61. The van der Waals surface area contributed by atoms with Crippen LogP contribution < -0.4 is 5.32 Å². The lowest BCUT2D eigenvalue weighted by molar-refractivity contribution is 0.727. The van der Waals surface area contributed by atoms with Gasteiger partial charge in [-0.05, 0) is 12.1 Å². The first-order valence-corrected chi connectivity index (χ1v) is 5.58. The SMILES string of the molecule is CCNCc1ccc(-c2nccn2C)cc1. The van der Waals surface area contributed by atoms with E-state index in [0.717, 1.165) is 24.5 Å². The summed E-state index contributed by atoms with van der Waals surface area (Å²) in [4.78, 5) is 4.33. The number of benzene rings is 1. The molecule has 1 aromatic heterocycles. The highest BCUT2D eigenvalue weighted by Gasteiger charge is 2.02. The van der Waals surface area contributed by atoms with E-state index in [1.54, 1.807) is 0 Å². The quantitative estimate of drug-likeness (QED) is 0.847. The molecule has 0 spiro atoms. The smallest absolute Gasteiger partial charge is 0.139 e. The van der Waals surface area contributed by atoms with E-state index in [4.69, 9.17) is 0 Å². The molecule has 3 nitrogen and oxygen atoms in total. The molecule has 0 aliphatic carbocycles. The summed E-state index contributed by atoms with van der Waals surface area (Å²) in [6, 6.07) is 8.53. The minimum atomic E-state index is 0.928. The molecule has 1 N–H and O–H groups in total. The fraction of sp³-hybridized carbons (Fsp3) is 0.308. The normalized spacial score (nSPS) is 10.6. The number of rotatable bonds is 4. The van der Waals surface area contributed by atoms with Gasteiger partial charge < -0.3 is 9.88 Å². The first-order chi connectivity index (χ1) is 7.81. The maximum atomic E-state index is 4.33. The Hall–Kier alpha value is -1.61. The topological polar surface area (TPSA) is 29.9 Å². The molecular formula is C13H17N3. The van der Waals surface area contributed by atoms with E-state index >= 15 is 0 Å². The van der Waals surface area contributed by atoms with Crippen LogP contribution in [0.15, 0.2) is 36.7 Å². The highest BCUT2D eigenvalue weighted by atomic mass is 15.0. The Bertz CT molecular complexity index is 442. The third kappa shape index (κ3) is 2.31. The summed E-state index contributed by atoms with van der Waals surface area (Å²) >= 11 is 0. The van der Waals surface area contributed by atoms with Gasteiger partial charge in [-0.25, -0.2) is 4.98 Å². The van der Waals surface area contributed by atoms with Crippen LogP contribution in [0.5, 0.6) is 0 Å². The number of hydrogen-bond donors (Lipinski definition) is 1. The number of nitrogens with zero attached hydrogens (tertiary/aromatic N) is 2. The molecule has 0 fully saturated rings. The van der Waals surface area contributed by atoms with E-state index in [9.17, 15) is 0 Å². The third-order valence-electron chi connectivity index (χ3n) is 2.61. The zero-order chi connectivity index (χ0) is 11.4. The maximum Gasteiger partial charge on any atom is 0.139 e. The van der Waals surface area contributed by atoms with E-state index in [2.05, 4.69) is 41.5 Å². The Morgan fingerprint density at radius 2 is 2.00 bits per heavy atom. The molecule has 0 unspecified atom stereocenters. The molecule has 0 radical (unpaired) electrons. The Balaban J connectivity index is 2.16. The maximum absolute atomic E-state index is 4.33. The monoisotopic (exact) mass is 215 g/mol. The zero-order valence-electron chi connectivity index (χ0n) is 9.77. The van der Waals surface area contributed by atoms with Gasteiger partial charge in [-0.2, -0.15) is 0 Å². The molecule has 0 aliphatic heterocycles. The number of aryl methyl sites for hydroxylation is 1. The molecule has 0 saturated carbocycles. The van der Waals surface area contributed by atoms with Crippen molar-refractivity contribution in [1.82, 2.24) is 14.9 Å². The lowest BCUT2D eigenvalue weighted by Crippen LogP contribution is -2.11. The highest BCUT2D eigenvalue weighted by molar-refractivity contribution is 5.55. The second kappa shape index (κ2) is 4.94.